The molecule has 0 fully saturated rings. The lowest BCUT2D eigenvalue weighted by molar-refractivity contribution is 0.100. The van der Waals surface area contributed by atoms with Crippen LogP contribution in [0.15, 0.2) is 18.2 Å². The fraction of sp³-hybridized carbons (Fsp3) is 0.462. The van der Waals surface area contributed by atoms with Crippen LogP contribution in [-0.4, -0.2) is 37.5 Å². The zero-order valence-electron chi connectivity index (χ0n) is 11.2. The van der Waals surface area contributed by atoms with Crippen molar-refractivity contribution in [3.63, 3.8) is 0 Å². The molecule has 0 saturated heterocycles. The van der Waals surface area contributed by atoms with Gasteiger partial charge in [0.2, 0.25) is 0 Å². The van der Waals surface area contributed by atoms with Crippen molar-refractivity contribution in [2.24, 2.45) is 5.73 Å². The maximum atomic E-state index is 11.2. The third-order valence-electron chi connectivity index (χ3n) is 2.74. The molecule has 18 heavy (non-hydrogen) atoms. The zero-order chi connectivity index (χ0) is 13.7. The van der Waals surface area contributed by atoms with Gasteiger partial charge in [0.05, 0.1) is 5.56 Å². The van der Waals surface area contributed by atoms with Gasteiger partial charge in [0.15, 0.2) is 0 Å². The molecule has 1 amide bonds. The Morgan fingerprint density at radius 3 is 2.67 bits per heavy atom. The predicted octanol–water partition coefficient (Wildman–Crippen LogP) is 1.12. The first kappa shape index (κ1) is 14.3. The minimum absolute atomic E-state index is 0.316. The van der Waals surface area contributed by atoms with Gasteiger partial charge in [0, 0.05) is 17.4 Å². The summed E-state index contributed by atoms with van der Waals surface area (Å²) in [6, 6.07) is 5.57. The van der Waals surface area contributed by atoms with Crippen LogP contribution in [0.4, 0.5) is 11.4 Å². The van der Waals surface area contributed by atoms with Crippen molar-refractivity contribution in [3.8, 4) is 0 Å². The molecular formula is C13H22N4O. The number of carbonyl (C=O) groups excluding carboxylic acids is 1. The van der Waals surface area contributed by atoms with Gasteiger partial charge >= 0.3 is 0 Å². The van der Waals surface area contributed by atoms with Gasteiger partial charge < -0.3 is 21.7 Å². The van der Waals surface area contributed by atoms with Crippen LogP contribution >= 0.6 is 0 Å². The highest BCUT2D eigenvalue weighted by atomic mass is 16.1. The third kappa shape index (κ3) is 4.25. The highest BCUT2D eigenvalue weighted by molar-refractivity contribution is 5.98. The molecule has 100 valence electrons. The van der Waals surface area contributed by atoms with Gasteiger partial charge in [-0.25, -0.2) is 0 Å². The van der Waals surface area contributed by atoms with Crippen molar-refractivity contribution in [2.45, 2.75) is 19.4 Å². The van der Waals surface area contributed by atoms with Gasteiger partial charge in [-0.05, 0) is 52.2 Å². The number of nitrogens with one attached hydrogen (secondary N) is 1. The van der Waals surface area contributed by atoms with Crippen molar-refractivity contribution in [1.82, 2.24) is 4.90 Å². The van der Waals surface area contributed by atoms with E-state index >= 15 is 0 Å². The van der Waals surface area contributed by atoms with E-state index in [-0.39, 0.29) is 0 Å². The molecule has 1 aromatic carbocycles. The number of amides is 1. The summed E-state index contributed by atoms with van der Waals surface area (Å²) in [4.78, 5) is 13.3. The molecular weight excluding hydrogens is 228 g/mol. The molecule has 0 aromatic heterocycles. The van der Waals surface area contributed by atoms with E-state index in [9.17, 15) is 4.79 Å². The molecule has 1 aromatic rings. The first-order valence-corrected chi connectivity index (χ1v) is 6.00. The SMILES string of the molecule is CC(CCN(C)C)Nc1ccc(N)c(C(N)=O)c1. The third-order valence-corrected chi connectivity index (χ3v) is 2.74. The van der Waals surface area contributed by atoms with Gasteiger partial charge in [0.1, 0.15) is 0 Å². The van der Waals surface area contributed by atoms with Crippen molar-refractivity contribution in [3.05, 3.63) is 23.8 Å². The number of primary amides is 1. The Hall–Kier alpha value is -1.75. The van der Waals surface area contributed by atoms with Crippen molar-refractivity contribution in [2.75, 3.05) is 31.7 Å². The summed E-state index contributed by atoms with van der Waals surface area (Å²) in [7, 11) is 4.09. The lowest BCUT2D eigenvalue weighted by Crippen LogP contribution is -2.23. The maximum Gasteiger partial charge on any atom is 0.250 e. The van der Waals surface area contributed by atoms with Crippen LogP contribution in [0.2, 0.25) is 0 Å². The number of nitrogens with two attached hydrogens (primary N) is 2. The van der Waals surface area contributed by atoms with E-state index in [4.69, 9.17) is 11.5 Å². The fourth-order valence-electron chi connectivity index (χ4n) is 1.67. The summed E-state index contributed by atoms with van der Waals surface area (Å²) in [5.41, 5.74) is 12.6. The van der Waals surface area contributed by atoms with Gasteiger partial charge in [-0.15, -0.1) is 0 Å². The second kappa shape index (κ2) is 6.26. The second-order valence-electron chi connectivity index (χ2n) is 4.80. The Morgan fingerprint density at radius 2 is 2.11 bits per heavy atom. The first-order valence-electron chi connectivity index (χ1n) is 6.00. The number of anilines is 2. The number of benzene rings is 1. The second-order valence-corrected chi connectivity index (χ2v) is 4.80. The predicted molar refractivity (Wildman–Crippen MR) is 75.6 cm³/mol. The molecule has 0 aliphatic rings. The molecule has 5 heteroatoms. The molecule has 0 radical (unpaired) electrons. The number of carbonyl (C=O) groups is 1. The molecule has 0 aliphatic heterocycles. The van der Waals surface area contributed by atoms with Crippen LogP contribution in [0.25, 0.3) is 0 Å². The van der Waals surface area contributed by atoms with Crippen molar-refractivity contribution in [1.29, 1.82) is 0 Å². The summed E-state index contributed by atoms with van der Waals surface area (Å²) in [6.07, 6.45) is 1.02. The molecule has 0 heterocycles. The number of hydrogen-bond acceptors (Lipinski definition) is 4. The van der Waals surface area contributed by atoms with Crippen molar-refractivity contribution >= 4 is 17.3 Å². The largest absolute Gasteiger partial charge is 0.398 e. The molecule has 1 rings (SSSR count). The fourth-order valence-corrected chi connectivity index (χ4v) is 1.67. The Bertz CT molecular complexity index is 417. The van der Waals surface area contributed by atoms with E-state index < -0.39 is 5.91 Å². The van der Waals surface area contributed by atoms with E-state index in [1.807, 2.05) is 20.2 Å². The quantitative estimate of drug-likeness (QED) is 0.661. The van der Waals surface area contributed by atoms with Crippen LogP contribution < -0.4 is 16.8 Å². The average Bonchev–Trinajstić information content (AvgIpc) is 2.28. The van der Waals surface area contributed by atoms with Crippen LogP contribution in [-0.2, 0) is 0 Å². The minimum Gasteiger partial charge on any atom is -0.398 e. The normalized spacial score (nSPS) is 12.4. The van der Waals surface area contributed by atoms with Crippen LogP contribution in [0.5, 0.6) is 0 Å². The van der Waals surface area contributed by atoms with Crippen LogP contribution in [0.3, 0.4) is 0 Å². The first-order chi connectivity index (χ1) is 8.40. The van der Waals surface area contributed by atoms with Crippen molar-refractivity contribution < 1.29 is 4.79 Å². The summed E-state index contributed by atoms with van der Waals surface area (Å²) in [5, 5.41) is 3.33. The average molecular weight is 250 g/mol. The molecule has 1 atom stereocenters. The van der Waals surface area contributed by atoms with E-state index in [1.165, 1.54) is 0 Å². The van der Waals surface area contributed by atoms with E-state index in [1.54, 1.807) is 12.1 Å². The number of nitrogen functional groups attached to an aromatic ring is 1. The standard InChI is InChI=1S/C13H22N4O/c1-9(6-7-17(2)3)16-10-4-5-12(14)11(8-10)13(15)18/h4-5,8-9,16H,6-7,14H2,1-3H3,(H2,15,18). The molecule has 0 spiro atoms. The number of rotatable bonds is 6. The summed E-state index contributed by atoms with van der Waals surface area (Å²) in [5.74, 6) is -0.503. The Kier molecular flexibility index (Phi) is 4.97. The lowest BCUT2D eigenvalue weighted by atomic mass is 10.1. The van der Waals surface area contributed by atoms with E-state index in [0.29, 0.717) is 17.3 Å². The number of nitrogens with zero attached hydrogens (tertiary/aromatic N) is 1. The molecule has 5 nitrogen and oxygen atoms in total. The zero-order valence-corrected chi connectivity index (χ0v) is 11.2. The van der Waals surface area contributed by atoms with Crippen LogP contribution in [0, 0.1) is 0 Å². The molecule has 5 N–H and O–H groups in total. The lowest BCUT2D eigenvalue weighted by Gasteiger charge is -2.18. The number of hydrogen-bond donors (Lipinski definition) is 3. The maximum absolute atomic E-state index is 11.2. The van der Waals surface area contributed by atoms with Gasteiger partial charge in [0.25, 0.3) is 5.91 Å². The molecule has 0 saturated carbocycles. The molecule has 1 unspecified atom stereocenters. The summed E-state index contributed by atoms with van der Waals surface area (Å²) >= 11 is 0. The van der Waals surface area contributed by atoms with Crippen LogP contribution in [0.1, 0.15) is 23.7 Å². The molecule has 0 aliphatic carbocycles. The van der Waals surface area contributed by atoms with E-state index in [2.05, 4.69) is 17.1 Å². The Balaban J connectivity index is 2.67. The highest BCUT2D eigenvalue weighted by Gasteiger charge is 2.08. The topological polar surface area (TPSA) is 84.4 Å². The highest BCUT2D eigenvalue weighted by Crippen LogP contribution is 2.18. The Morgan fingerprint density at radius 1 is 1.44 bits per heavy atom. The van der Waals surface area contributed by atoms with Gasteiger partial charge in [-0.2, -0.15) is 0 Å². The monoisotopic (exact) mass is 250 g/mol. The summed E-state index contributed by atoms with van der Waals surface area (Å²) in [6.45, 7) is 3.11. The summed E-state index contributed by atoms with van der Waals surface area (Å²) < 4.78 is 0. The Labute approximate surface area is 108 Å². The van der Waals surface area contributed by atoms with E-state index in [0.717, 1.165) is 18.7 Å². The van der Waals surface area contributed by atoms with Gasteiger partial charge in [-0.1, -0.05) is 0 Å². The smallest absolute Gasteiger partial charge is 0.250 e. The minimum atomic E-state index is -0.503. The van der Waals surface area contributed by atoms with Gasteiger partial charge in [-0.3, -0.25) is 4.79 Å². The molecule has 0 bridgehead atoms.